The molecule has 0 spiro atoms. The molecule has 4 rings (SSSR count). The fourth-order valence-corrected chi connectivity index (χ4v) is 9.70. The van der Waals surface area contributed by atoms with E-state index in [9.17, 15) is 50.2 Å². The molecule has 16 heteroatoms. The number of anilines is 2. The van der Waals surface area contributed by atoms with Crippen LogP contribution in [-0.2, 0) is 29.9 Å². The van der Waals surface area contributed by atoms with Crippen LogP contribution in [0, 0.1) is 13.8 Å². The molecule has 2 atom stereocenters. The van der Waals surface area contributed by atoms with E-state index in [2.05, 4.69) is 4.72 Å². The second-order valence-electron chi connectivity index (χ2n) is 9.74. The number of sulfone groups is 1. The number of rotatable bonds is 9. The number of aliphatic hydroxyl groups excluding tert-OH is 1. The van der Waals surface area contributed by atoms with Gasteiger partial charge in [-0.1, -0.05) is 12.1 Å². The zero-order valence-electron chi connectivity index (χ0n) is 22.1. The first-order valence-electron chi connectivity index (χ1n) is 12.2. The number of sulfonamides is 2. The Kier molecular flexibility index (Phi) is 8.12. The Morgan fingerprint density at radius 1 is 0.810 bits per heavy atom. The SMILES string of the molecule is Cc1ccc(C(=O)O)cc1S(=O)(=O)Nc1ccc(N([C@@H]2CS(=O)(=O)C[C@H]2O)S(=O)(=O)c2cc(C(=O)O)ccc2C)cc1. The molecule has 0 aromatic heterocycles. The predicted octanol–water partition coefficient (Wildman–Crippen LogP) is 1.85. The van der Waals surface area contributed by atoms with Crippen LogP contribution in [0.15, 0.2) is 70.5 Å². The summed E-state index contributed by atoms with van der Waals surface area (Å²) in [5.41, 5.74) is -0.279. The van der Waals surface area contributed by atoms with Crippen LogP contribution in [0.2, 0.25) is 0 Å². The van der Waals surface area contributed by atoms with E-state index in [0.29, 0.717) is 4.31 Å². The first kappa shape index (κ1) is 31.0. The number of carbonyl (C=O) groups is 2. The maximum atomic E-state index is 14.0. The number of aryl methyl sites for hydroxylation is 2. The van der Waals surface area contributed by atoms with Crippen LogP contribution in [0.4, 0.5) is 11.4 Å². The number of hydrogen-bond acceptors (Lipinski definition) is 9. The van der Waals surface area contributed by atoms with Crippen molar-refractivity contribution in [1.82, 2.24) is 0 Å². The number of aromatic carboxylic acids is 2. The molecule has 224 valence electrons. The van der Waals surface area contributed by atoms with Crippen LogP contribution in [0.3, 0.4) is 0 Å². The number of nitrogens with one attached hydrogen (secondary N) is 1. The molecule has 1 saturated heterocycles. The molecule has 0 aliphatic carbocycles. The van der Waals surface area contributed by atoms with Gasteiger partial charge in [-0.3, -0.25) is 9.03 Å². The highest BCUT2D eigenvalue weighted by molar-refractivity contribution is 7.93. The Morgan fingerprint density at radius 2 is 1.31 bits per heavy atom. The zero-order valence-corrected chi connectivity index (χ0v) is 24.6. The molecule has 1 heterocycles. The van der Waals surface area contributed by atoms with Gasteiger partial charge in [0.15, 0.2) is 9.84 Å². The van der Waals surface area contributed by atoms with E-state index in [-0.39, 0.29) is 38.5 Å². The third-order valence-electron chi connectivity index (χ3n) is 6.67. The van der Waals surface area contributed by atoms with Crippen molar-refractivity contribution in [2.75, 3.05) is 20.5 Å². The third kappa shape index (κ3) is 6.11. The average Bonchev–Trinajstić information content (AvgIpc) is 3.16. The summed E-state index contributed by atoms with van der Waals surface area (Å²) >= 11 is 0. The first-order chi connectivity index (χ1) is 19.4. The van der Waals surface area contributed by atoms with Gasteiger partial charge in [0.1, 0.15) is 0 Å². The van der Waals surface area contributed by atoms with Crippen LogP contribution in [0.5, 0.6) is 0 Å². The highest BCUT2D eigenvalue weighted by atomic mass is 32.2. The Bertz CT molecular complexity index is 1900. The smallest absolute Gasteiger partial charge is 0.335 e. The lowest BCUT2D eigenvalue weighted by Gasteiger charge is -2.32. The molecule has 0 bridgehead atoms. The highest BCUT2D eigenvalue weighted by Gasteiger charge is 2.45. The molecule has 1 fully saturated rings. The number of nitrogens with zero attached hydrogens (tertiary/aromatic N) is 1. The van der Waals surface area contributed by atoms with Gasteiger partial charge in [-0.2, -0.15) is 0 Å². The van der Waals surface area contributed by atoms with Gasteiger partial charge in [-0.15, -0.1) is 0 Å². The third-order valence-corrected chi connectivity index (χ3v) is 11.9. The minimum absolute atomic E-state index is 0.0279. The number of carboxylic acids is 2. The molecular formula is C26H26N2O11S3. The molecule has 1 aliphatic rings. The van der Waals surface area contributed by atoms with Gasteiger partial charge in [0.2, 0.25) is 0 Å². The van der Waals surface area contributed by atoms with Gasteiger partial charge in [0.25, 0.3) is 20.0 Å². The van der Waals surface area contributed by atoms with Gasteiger partial charge < -0.3 is 15.3 Å². The zero-order chi connectivity index (χ0) is 31.2. The summed E-state index contributed by atoms with van der Waals surface area (Å²) in [5.74, 6) is -4.11. The maximum Gasteiger partial charge on any atom is 0.335 e. The first-order valence-corrected chi connectivity index (χ1v) is 16.9. The van der Waals surface area contributed by atoms with Crippen molar-refractivity contribution in [3.63, 3.8) is 0 Å². The predicted molar refractivity (Wildman–Crippen MR) is 152 cm³/mol. The van der Waals surface area contributed by atoms with E-state index in [1.54, 1.807) is 0 Å². The molecule has 1 aliphatic heterocycles. The second-order valence-corrected chi connectivity index (χ2v) is 15.3. The lowest BCUT2D eigenvalue weighted by Crippen LogP contribution is -2.47. The summed E-state index contributed by atoms with van der Waals surface area (Å²) in [5, 5.41) is 29.2. The summed E-state index contributed by atoms with van der Waals surface area (Å²) in [4.78, 5) is 22.2. The molecule has 3 aromatic carbocycles. The molecule has 0 amide bonds. The minimum Gasteiger partial charge on any atom is -0.478 e. The standard InChI is InChI=1S/C26H26N2O11S3/c1-15-3-5-17(25(30)31)11-23(15)41(36,37)27-19-7-9-20(10-8-19)28(21-13-40(34,35)14-22(21)29)42(38,39)24-12-18(26(32)33)6-4-16(24)2/h3-12,21-22,27,29H,13-14H2,1-2H3,(H,30,31)(H,32,33)/t21-,22-/m1/s1. The molecule has 0 radical (unpaired) electrons. The number of hydrogen-bond donors (Lipinski definition) is 4. The summed E-state index contributed by atoms with van der Waals surface area (Å²) in [7, 11) is -12.8. The van der Waals surface area contributed by atoms with E-state index in [0.717, 1.165) is 12.1 Å². The fourth-order valence-electron chi connectivity index (χ4n) is 4.57. The van der Waals surface area contributed by atoms with Gasteiger partial charge in [-0.05, 0) is 73.5 Å². The number of carboxylic acid groups (broad SMARTS) is 2. The topological polar surface area (TPSA) is 213 Å². The number of benzene rings is 3. The van der Waals surface area contributed by atoms with Crippen molar-refractivity contribution in [2.24, 2.45) is 0 Å². The molecule has 42 heavy (non-hydrogen) atoms. The van der Waals surface area contributed by atoms with E-state index < -0.39 is 70.4 Å². The van der Waals surface area contributed by atoms with Gasteiger partial charge in [0, 0.05) is 5.69 Å². The fraction of sp³-hybridized carbons (Fsp3) is 0.231. The summed E-state index contributed by atoms with van der Waals surface area (Å²) in [6.45, 7) is 2.91. The molecule has 0 unspecified atom stereocenters. The van der Waals surface area contributed by atoms with Crippen LogP contribution in [0.1, 0.15) is 31.8 Å². The Labute approximate surface area is 242 Å². The van der Waals surface area contributed by atoms with Gasteiger partial charge in [-0.25, -0.2) is 34.8 Å². The van der Waals surface area contributed by atoms with Crippen LogP contribution < -0.4 is 9.03 Å². The van der Waals surface area contributed by atoms with Crippen molar-refractivity contribution in [3.05, 3.63) is 82.9 Å². The Morgan fingerprint density at radius 3 is 1.79 bits per heavy atom. The van der Waals surface area contributed by atoms with E-state index in [4.69, 9.17) is 0 Å². The summed E-state index contributed by atoms with van der Waals surface area (Å²) in [6.07, 6.45) is -1.60. The van der Waals surface area contributed by atoms with E-state index in [1.807, 2.05) is 0 Å². The lowest BCUT2D eigenvalue weighted by atomic mass is 10.1. The largest absolute Gasteiger partial charge is 0.478 e. The minimum atomic E-state index is -4.67. The molecular weight excluding hydrogens is 612 g/mol. The molecule has 3 aromatic rings. The van der Waals surface area contributed by atoms with Crippen LogP contribution in [0.25, 0.3) is 0 Å². The van der Waals surface area contributed by atoms with Gasteiger partial charge in [0.05, 0.1) is 50.3 Å². The van der Waals surface area contributed by atoms with Gasteiger partial charge >= 0.3 is 11.9 Å². The number of aliphatic hydroxyl groups is 1. The van der Waals surface area contributed by atoms with Crippen molar-refractivity contribution >= 4 is 53.2 Å². The Balaban J connectivity index is 1.77. The quantitative estimate of drug-likeness (QED) is 0.265. The van der Waals surface area contributed by atoms with Crippen molar-refractivity contribution in [2.45, 2.75) is 35.8 Å². The molecule has 4 N–H and O–H groups in total. The lowest BCUT2D eigenvalue weighted by molar-refractivity contribution is 0.0685. The van der Waals surface area contributed by atoms with E-state index in [1.165, 1.54) is 62.4 Å². The van der Waals surface area contributed by atoms with Crippen molar-refractivity contribution in [3.8, 4) is 0 Å². The molecule has 13 nitrogen and oxygen atoms in total. The van der Waals surface area contributed by atoms with E-state index >= 15 is 0 Å². The van der Waals surface area contributed by atoms with Crippen molar-refractivity contribution in [1.29, 1.82) is 0 Å². The normalized spacial score (nSPS) is 18.4. The monoisotopic (exact) mass is 638 g/mol. The van der Waals surface area contributed by atoms with Crippen LogP contribution >= 0.6 is 0 Å². The Hall–Kier alpha value is -3.99. The van der Waals surface area contributed by atoms with Crippen LogP contribution in [-0.4, -0.2) is 76.2 Å². The molecule has 0 saturated carbocycles. The second kappa shape index (κ2) is 11.0. The maximum absolute atomic E-state index is 14.0. The summed E-state index contributed by atoms with van der Waals surface area (Å²) < 4.78 is 81.7. The highest BCUT2D eigenvalue weighted by Crippen LogP contribution is 2.34. The summed E-state index contributed by atoms with van der Waals surface area (Å²) in [6, 6.07) is 10.4. The van der Waals surface area contributed by atoms with Crippen molar-refractivity contribution < 1.29 is 50.2 Å². The average molecular weight is 639 g/mol.